The van der Waals surface area contributed by atoms with Crippen LogP contribution >= 0.6 is 0 Å². The van der Waals surface area contributed by atoms with Gasteiger partial charge in [-0.05, 0) is 48.7 Å². The molecule has 2 aromatic rings. The van der Waals surface area contributed by atoms with E-state index in [2.05, 4.69) is 10.6 Å². The molecule has 1 fully saturated rings. The maximum atomic E-state index is 12.5. The van der Waals surface area contributed by atoms with Crippen molar-refractivity contribution in [3.05, 3.63) is 53.6 Å². The van der Waals surface area contributed by atoms with Gasteiger partial charge in [-0.3, -0.25) is 0 Å². The van der Waals surface area contributed by atoms with Gasteiger partial charge in [0, 0.05) is 5.69 Å². The van der Waals surface area contributed by atoms with Crippen LogP contribution in [-0.4, -0.2) is 33.3 Å². The molecule has 27 heavy (non-hydrogen) atoms. The van der Waals surface area contributed by atoms with Crippen molar-refractivity contribution < 1.29 is 23.8 Å². The molecule has 7 nitrogen and oxygen atoms in total. The average molecular weight is 370 g/mol. The van der Waals surface area contributed by atoms with Crippen molar-refractivity contribution in [2.24, 2.45) is 0 Å². The fourth-order valence-corrected chi connectivity index (χ4v) is 2.97. The van der Waals surface area contributed by atoms with Crippen LogP contribution in [0.15, 0.2) is 42.5 Å². The van der Waals surface area contributed by atoms with Gasteiger partial charge in [0.05, 0.1) is 32.4 Å². The van der Waals surface area contributed by atoms with Crippen molar-refractivity contribution in [1.82, 2.24) is 5.32 Å². The van der Waals surface area contributed by atoms with Crippen LogP contribution in [0.4, 0.5) is 10.5 Å². The molecule has 142 valence electrons. The van der Waals surface area contributed by atoms with Crippen LogP contribution in [0.2, 0.25) is 0 Å². The molecule has 0 radical (unpaired) electrons. The highest BCUT2D eigenvalue weighted by Crippen LogP contribution is 2.47. The summed E-state index contributed by atoms with van der Waals surface area (Å²) in [6, 6.07) is 11.9. The highest BCUT2D eigenvalue weighted by molar-refractivity contribution is 5.94. The average Bonchev–Trinajstić information content (AvgIpc) is 3.47. The third-order valence-electron chi connectivity index (χ3n) is 4.58. The molecular weight excluding hydrogens is 348 g/mol. The quantitative estimate of drug-likeness (QED) is 0.762. The van der Waals surface area contributed by atoms with Crippen LogP contribution in [-0.2, 0) is 10.3 Å². The van der Waals surface area contributed by atoms with Gasteiger partial charge in [0.15, 0.2) is 11.5 Å². The summed E-state index contributed by atoms with van der Waals surface area (Å²) in [4.78, 5) is 24.1. The predicted octanol–water partition coefficient (Wildman–Crippen LogP) is 3.30. The summed E-state index contributed by atoms with van der Waals surface area (Å²) < 4.78 is 15.3. The van der Waals surface area contributed by atoms with Crippen molar-refractivity contribution in [2.45, 2.75) is 18.4 Å². The van der Waals surface area contributed by atoms with E-state index in [4.69, 9.17) is 14.2 Å². The highest BCUT2D eigenvalue weighted by Gasteiger charge is 2.46. The van der Waals surface area contributed by atoms with Crippen molar-refractivity contribution in [1.29, 1.82) is 0 Å². The second-order valence-corrected chi connectivity index (χ2v) is 6.30. The Balaban J connectivity index is 1.72. The van der Waals surface area contributed by atoms with Crippen LogP contribution < -0.4 is 20.1 Å². The van der Waals surface area contributed by atoms with Crippen molar-refractivity contribution >= 4 is 17.7 Å². The molecule has 0 aromatic heterocycles. The van der Waals surface area contributed by atoms with Crippen LogP contribution in [0.3, 0.4) is 0 Å². The van der Waals surface area contributed by atoms with Gasteiger partial charge in [-0.2, -0.15) is 0 Å². The van der Waals surface area contributed by atoms with Crippen molar-refractivity contribution in [3.63, 3.8) is 0 Å². The first kappa shape index (κ1) is 18.6. The summed E-state index contributed by atoms with van der Waals surface area (Å²) in [7, 11) is 4.48. The molecule has 3 rings (SSSR count). The molecule has 0 saturated heterocycles. The van der Waals surface area contributed by atoms with Gasteiger partial charge in [0.25, 0.3) is 0 Å². The fraction of sp³-hybridized carbons (Fsp3) is 0.300. The van der Waals surface area contributed by atoms with E-state index in [-0.39, 0.29) is 6.03 Å². The normalized spacial score (nSPS) is 14.0. The zero-order valence-electron chi connectivity index (χ0n) is 15.5. The molecule has 7 heteroatoms. The van der Waals surface area contributed by atoms with E-state index in [1.807, 2.05) is 18.2 Å². The largest absolute Gasteiger partial charge is 0.493 e. The van der Waals surface area contributed by atoms with Crippen LogP contribution in [0.5, 0.6) is 11.5 Å². The number of rotatable bonds is 6. The molecule has 0 atom stereocenters. The number of urea groups is 1. The number of anilines is 1. The number of ether oxygens (including phenoxy) is 3. The Labute approximate surface area is 157 Å². The Kier molecular flexibility index (Phi) is 5.21. The van der Waals surface area contributed by atoms with E-state index in [0.717, 1.165) is 18.4 Å². The summed E-state index contributed by atoms with van der Waals surface area (Å²) in [6.45, 7) is 0. The second-order valence-electron chi connectivity index (χ2n) is 6.30. The first-order valence-electron chi connectivity index (χ1n) is 8.51. The zero-order chi connectivity index (χ0) is 19.4. The second kappa shape index (κ2) is 7.57. The minimum atomic E-state index is -0.456. The summed E-state index contributed by atoms with van der Waals surface area (Å²) in [5, 5.41) is 5.79. The molecule has 0 unspecified atom stereocenters. The number of hydrogen-bond acceptors (Lipinski definition) is 5. The SMILES string of the molecule is COC(=O)c1cccc(NC(=O)NC2(c3ccc(OC)c(OC)c3)CC2)c1. The third kappa shape index (κ3) is 3.97. The monoisotopic (exact) mass is 370 g/mol. The molecule has 2 amide bonds. The molecule has 1 aliphatic rings. The van der Waals surface area contributed by atoms with Gasteiger partial charge in [-0.25, -0.2) is 9.59 Å². The molecule has 0 spiro atoms. The van der Waals surface area contributed by atoms with Crippen LogP contribution in [0.1, 0.15) is 28.8 Å². The lowest BCUT2D eigenvalue weighted by atomic mass is 10.0. The molecular formula is C20H22N2O5. The number of carbonyl (C=O) groups excluding carboxylic acids is 2. The molecule has 1 aliphatic carbocycles. The molecule has 2 aromatic carbocycles. The van der Waals surface area contributed by atoms with Gasteiger partial charge in [0.2, 0.25) is 0 Å². The van der Waals surface area contributed by atoms with Gasteiger partial charge in [0.1, 0.15) is 0 Å². The number of esters is 1. The fourth-order valence-electron chi connectivity index (χ4n) is 2.97. The predicted molar refractivity (Wildman–Crippen MR) is 100 cm³/mol. The van der Waals surface area contributed by atoms with E-state index in [1.165, 1.54) is 7.11 Å². The minimum absolute atomic E-state index is 0.343. The Hall–Kier alpha value is -3.22. The van der Waals surface area contributed by atoms with Gasteiger partial charge >= 0.3 is 12.0 Å². The lowest BCUT2D eigenvalue weighted by Crippen LogP contribution is -2.38. The maximum absolute atomic E-state index is 12.5. The van der Waals surface area contributed by atoms with E-state index in [1.54, 1.807) is 38.5 Å². The molecule has 0 heterocycles. The lowest BCUT2D eigenvalue weighted by molar-refractivity contribution is 0.0600. The molecule has 0 bridgehead atoms. The van der Waals surface area contributed by atoms with Gasteiger partial charge in [-0.15, -0.1) is 0 Å². The Bertz CT molecular complexity index is 861. The smallest absolute Gasteiger partial charge is 0.337 e. The molecule has 1 saturated carbocycles. The lowest BCUT2D eigenvalue weighted by Gasteiger charge is -2.20. The van der Waals surface area contributed by atoms with E-state index < -0.39 is 11.5 Å². The first-order valence-corrected chi connectivity index (χ1v) is 8.51. The van der Waals surface area contributed by atoms with Crippen LogP contribution in [0, 0.1) is 0 Å². The summed E-state index contributed by atoms with van der Waals surface area (Å²) in [5.74, 6) is 0.804. The van der Waals surface area contributed by atoms with Crippen LogP contribution in [0.25, 0.3) is 0 Å². The first-order chi connectivity index (χ1) is 13.0. The summed E-state index contributed by atoms with van der Waals surface area (Å²) >= 11 is 0. The van der Waals surface area contributed by atoms with E-state index >= 15 is 0 Å². The number of nitrogens with one attached hydrogen (secondary N) is 2. The highest BCUT2D eigenvalue weighted by atomic mass is 16.5. The van der Waals surface area contributed by atoms with Gasteiger partial charge in [-0.1, -0.05) is 12.1 Å². The number of carbonyl (C=O) groups is 2. The zero-order valence-corrected chi connectivity index (χ0v) is 15.5. The Morgan fingerprint density at radius 3 is 2.33 bits per heavy atom. The van der Waals surface area contributed by atoms with Crippen molar-refractivity contribution in [2.75, 3.05) is 26.6 Å². The summed E-state index contributed by atoms with van der Waals surface area (Å²) in [5.41, 5.74) is 1.41. The van der Waals surface area contributed by atoms with E-state index in [0.29, 0.717) is 22.7 Å². The standard InChI is InChI=1S/C20H22N2O5/c1-25-16-8-7-14(12-17(16)26-2)20(9-10-20)22-19(24)21-15-6-4-5-13(11-15)18(23)27-3/h4-8,11-12H,9-10H2,1-3H3,(H2,21,22,24). The molecule has 0 aliphatic heterocycles. The topological polar surface area (TPSA) is 85.9 Å². The van der Waals surface area contributed by atoms with Crippen molar-refractivity contribution in [3.8, 4) is 11.5 Å². The number of methoxy groups -OCH3 is 3. The number of amides is 2. The Morgan fingerprint density at radius 2 is 1.70 bits per heavy atom. The third-order valence-corrected chi connectivity index (χ3v) is 4.58. The van der Waals surface area contributed by atoms with E-state index in [9.17, 15) is 9.59 Å². The minimum Gasteiger partial charge on any atom is -0.493 e. The van der Waals surface area contributed by atoms with Gasteiger partial charge < -0.3 is 24.8 Å². The number of benzene rings is 2. The maximum Gasteiger partial charge on any atom is 0.337 e. The Morgan fingerprint density at radius 1 is 0.963 bits per heavy atom. The molecule has 2 N–H and O–H groups in total. The summed E-state index contributed by atoms with van der Waals surface area (Å²) in [6.07, 6.45) is 1.66. The number of hydrogen-bond donors (Lipinski definition) is 2.